The van der Waals surface area contributed by atoms with Crippen LogP contribution in [-0.4, -0.2) is 27.7 Å². The van der Waals surface area contributed by atoms with Crippen LogP contribution < -0.4 is 5.32 Å². The number of benzene rings is 3. The van der Waals surface area contributed by atoms with Gasteiger partial charge in [0.25, 0.3) is 5.91 Å². The molecule has 5 nitrogen and oxygen atoms in total. The van der Waals surface area contributed by atoms with E-state index in [1.807, 2.05) is 30.3 Å². The van der Waals surface area contributed by atoms with E-state index < -0.39 is 23.6 Å². The Morgan fingerprint density at radius 1 is 0.846 bits per heavy atom. The largest absolute Gasteiger partial charge is 0.351 e. The third-order valence-corrected chi connectivity index (χ3v) is 7.26. The van der Waals surface area contributed by atoms with Gasteiger partial charge in [-0.15, -0.1) is 0 Å². The Kier molecular flexibility index (Phi) is 8.16. The van der Waals surface area contributed by atoms with E-state index in [2.05, 4.69) is 10.3 Å². The van der Waals surface area contributed by atoms with Crippen molar-refractivity contribution >= 4 is 11.8 Å². The van der Waals surface area contributed by atoms with E-state index in [1.165, 1.54) is 35.2 Å². The van der Waals surface area contributed by atoms with Gasteiger partial charge in [0.2, 0.25) is 5.91 Å². The van der Waals surface area contributed by atoms with Gasteiger partial charge in [0.1, 0.15) is 23.4 Å². The Hall–Kier alpha value is -4.26. The molecule has 1 saturated carbocycles. The molecule has 39 heavy (non-hydrogen) atoms. The van der Waals surface area contributed by atoms with E-state index in [0.717, 1.165) is 43.4 Å². The minimum atomic E-state index is -1.09. The first kappa shape index (κ1) is 26.4. The van der Waals surface area contributed by atoms with Gasteiger partial charge in [0.05, 0.1) is 6.54 Å². The predicted octanol–water partition coefficient (Wildman–Crippen LogP) is 6.79. The summed E-state index contributed by atoms with van der Waals surface area (Å²) in [7, 11) is 0. The first-order valence-electron chi connectivity index (χ1n) is 13.3. The van der Waals surface area contributed by atoms with Crippen LogP contribution >= 0.6 is 0 Å². The van der Waals surface area contributed by atoms with Gasteiger partial charge in [-0.05, 0) is 54.3 Å². The lowest BCUT2D eigenvalue weighted by molar-refractivity contribution is -0.127. The van der Waals surface area contributed by atoms with Crippen LogP contribution in [0.15, 0.2) is 91.0 Å². The molecular formula is C32H31F2N3O2. The molecule has 2 amide bonds. The first-order valence-corrected chi connectivity index (χ1v) is 13.3. The highest BCUT2D eigenvalue weighted by atomic mass is 19.1. The molecule has 3 aromatic carbocycles. The van der Waals surface area contributed by atoms with Crippen LogP contribution in [0.25, 0.3) is 11.3 Å². The van der Waals surface area contributed by atoms with Crippen molar-refractivity contribution in [1.82, 2.24) is 15.2 Å². The van der Waals surface area contributed by atoms with Crippen molar-refractivity contribution in [3.05, 3.63) is 119 Å². The Morgan fingerprint density at radius 3 is 2.26 bits per heavy atom. The molecule has 4 aromatic rings. The Bertz CT molecular complexity index is 1410. The maximum Gasteiger partial charge on any atom is 0.271 e. The average Bonchev–Trinajstić information content (AvgIpc) is 3.46. The van der Waals surface area contributed by atoms with Crippen LogP contribution in [0, 0.1) is 11.6 Å². The zero-order valence-corrected chi connectivity index (χ0v) is 21.6. The van der Waals surface area contributed by atoms with Gasteiger partial charge >= 0.3 is 0 Å². The highest BCUT2D eigenvalue weighted by molar-refractivity contribution is 5.97. The minimum absolute atomic E-state index is 0.00483. The third kappa shape index (κ3) is 6.25. The van der Waals surface area contributed by atoms with Gasteiger partial charge in [0, 0.05) is 17.3 Å². The zero-order chi connectivity index (χ0) is 27.2. The number of hydrogen-bond donors (Lipinski definition) is 2. The molecule has 200 valence electrons. The second-order valence-electron chi connectivity index (χ2n) is 9.97. The van der Waals surface area contributed by atoms with Crippen molar-refractivity contribution in [2.45, 2.75) is 50.7 Å². The molecule has 7 heteroatoms. The van der Waals surface area contributed by atoms with Crippen molar-refractivity contribution in [1.29, 1.82) is 0 Å². The van der Waals surface area contributed by atoms with Gasteiger partial charge in [-0.3, -0.25) is 9.59 Å². The van der Waals surface area contributed by atoms with Crippen LogP contribution in [0.4, 0.5) is 8.78 Å². The lowest BCUT2D eigenvalue weighted by Gasteiger charge is -2.33. The topological polar surface area (TPSA) is 65.2 Å². The van der Waals surface area contributed by atoms with Gasteiger partial charge in [-0.1, -0.05) is 79.9 Å². The second kappa shape index (κ2) is 12.1. The zero-order valence-electron chi connectivity index (χ0n) is 21.6. The van der Waals surface area contributed by atoms with Crippen molar-refractivity contribution in [2.24, 2.45) is 0 Å². The first-order chi connectivity index (χ1) is 19.0. The van der Waals surface area contributed by atoms with Crippen LogP contribution in [-0.2, 0) is 11.3 Å². The average molecular weight is 528 g/mol. The molecule has 1 unspecified atom stereocenters. The number of H-pyrrole nitrogens is 1. The normalized spacial score (nSPS) is 14.5. The standard InChI is InChI=1S/C32H31F2N3O2/c33-25-17-15-23(16-18-25)30(31(38)35-26-12-5-2-6-13-26)37(21-24-11-7-8-14-27(24)34)32(39)29-20-19-28(36-29)22-9-3-1-4-10-22/h1,3-4,7-11,14-20,26,30,36H,2,5-6,12-13,21H2,(H,35,38). The van der Waals surface area contributed by atoms with Crippen molar-refractivity contribution in [2.75, 3.05) is 0 Å². The number of hydrogen-bond acceptors (Lipinski definition) is 2. The van der Waals surface area contributed by atoms with Crippen LogP contribution in [0.1, 0.15) is 59.8 Å². The van der Waals surface area contributed by atoms with Gasteiger partial charge in [0.15, 0.2) is 0 Å². The van der Waals surface area contributed by atoms with Gasteiger partial charge in [-0.25, -0.2) is 8.78 Å². The van der Waals surface area contributed by atoms with E-state index in [9.17, 15) is 18.4 Å². The molecular weight excluding hydrogens is 496 g/mol. The highest BCUT2D eigenvalue weighted by Gasteiger charge is 2.34. The monoisotopic (exact) mass is 527 g/mol. The molecule has 1 aliphatic rings. The van der Waals surface area contributed by atoms with Crippen molar-refractivity contribution in [3.63, 3.8) is 0 Å². The number of carbonyl (C=O) groups excluding carboxylic acids is 2. The van der Waals surface area contributed by atoms with Crippen LogP contribution in [0.5, 0.6) is 0 Å². The fourth-order valence-electron chi connectivity index (χ4n) is 5.20. The summed E-state index contributed by atoms with van der Waals surface area (Å²) < 4.78 is 28.7. The molecule has 1 atom stereocenters. The van der Waals surface area contributed by atoms with E-state index in [-0.39, 0.29) is 29.8 Å². The Morgan fingerprint density at radius 2 is 1.54 bits per heavy atom. The number of rotatable bonds is 8. The fraction of sp³-hybridized carbons (Fsp3) is 0.250. The summed E-state index contributed by atoms with van der Waals surface area (Å²) in [6.45, 7) is -0.147. The lowest BCUT2D eigenvalue weighted by Crippen LogP contribution is -2.47. The Balaban J connectivity index is 1.54. The van der Waals surface area contributed by atoms with Crippen molar-refractivity contribution in [3.8, 4) is 11.3 Å². The number of halogens is 2. The molecule has 0 radical (unpaired) electrons. The van der Waals surface area contributed by atoms with Crippen LogP contribution in [0.3, 0.4) is 0 Å². The van der Waals surface area contributed by atoms with E-state index in [0.29, 0.717) is 5.56 Å². The summed E-state index contributed by atoms with van der Waals surface area (Å²) >= 11 is 0. The second-order valence-corrected chi connectivity index (χ2v) is 9.97. The minimum Gasteiger partial charge on any atom is -0.351 e. The molecule has 0 spiro atoms. The molecule has 1 aliphatic carbocycles. The molecule has 0 saturated heterocycles. The molecule has 5 rings (SSSR count). The highest BCUT2D eigenvalue weighted by Crippen LogP contribution is 2.29. The number of nitrogens with one attached hydrogen (secondary N) is 2. The molecule has 0 aliphatic heterocycles. The van der Waals surface area contributed by atoms with Crippen molar-refractivity contribution < 1.29 is 18.4 Å². The maximum absolute atomic E-state index is 14.8. The summed E-state index contributed by atoms with van der Waals surface area (Å²) in [5.41, 5.74) is 2.64. The lowest BCUT2D eigenvalue weighted by atomic mass is 9.94. The fourth-order valence-corrected chi connectivity index (χ4v) is 5.20. The number of carbonyl (C=O) groups is 2. The van der Waals surface area contributed by atoms with E-state index in [1.54, 1.807) is 30.3 Å². The maximum atomic E-state index is 14.8. The number of amides is 2. The quantitative estimate of drug-likeness (QED) is 0.265. The molecule has 2 N–H and O–H groups in total. The predicted molar refractivity (Wildman–Crippen MR) is 147 cm³/mol. The molecule has 1 aromatic heterocycles. The van der Waals surface area contributed by atoms with E-state index in [4.69, 9.17) is 0 Å². The summed E-state index contributed by atoms with van der Waals surface area (Å²) in [6, 6.07) is 23.7. The summed E-state index contributed by atoms with van der Waals surface area (Å²) in [5, 5.41) is 3.12. The third-order valence-electron chi connectivity index (χ3n) is 7.26. The van der Waals surface area contributed by atoms with E-state index >= 15 is 0 Å². The molecule has 0 bridgehead atoms. The summed E-state index contributed by atoms with van der Waals surface area (Å²) in [5.74, 6) is -1.76. The summed E-state index contributed by atoms with van der Waals surface area (Å²) in [6.07, 6.45) is 4.90. The van der Waals surface area contributed by atoms with Gasteiger partial charge < -0.3 is 15.2 Å². The number of aromatic amines is 1. The SMILES string of the molecule is O=C(NC1CCCCC1)C(c1ccc(F)cc1)N(Cc1ccccc1F)C(=O)c1ccc(-c2ccccc2)[nH]1. The smallest absolute Gasteiger partial charge is 0.271 e. The molecule has 1 heterocycles. The Labute approximate surface area is 226 Å². The number of aromatic nitrogens is 1. The summed E-state index contributed by atoms with van der Waals surface area (Å²) in [4.78, 5) is 32.5. The van der Waals surface area contributed by atoms with Crippen LogP contribution in [0.2, 0.25) is 0 Å². The number of nitrogens with zero attached hydrogens (tertiary/aromatic N) is 1. The molecule has 1 fully saturated rings. The van der Waals surface area contributed by atoms with Gasteiger partial charge in [-0.2, -0.15) is 0 Å².